The van der Waals surface area contributed by atoms with Crippen LogP contribution in [0.15, 0.2) is 47.0 Å². The van der Waals surface area contributed by atoms with E-state index in [4.69, 9.17) is 4.98 Å². The van der Waals surface area contributed by atoms with Gasteiger partial charge < -0.3 is 5.32 Å². The molecule has 1 aromatic carbocycles. The number of nitrogens with one attached hydrogen (secondary N) is 2. The number of nitrogens with zero attached hydrogens (tertiary/aromatic N) is 3. The van der Waals surface area contributed by atoms with Gasteiger partial charge in [0.15, 0.2) is 4.96 Å². The minimum Gasteiger partial charge on any atom is -0.344 e. The Morgan fingerprint density at radius 2 is 1.82 bits per heavy atom. The number of amides is 2. The van der Waals surface area contributed by atoms with Crippen molar-refractivity contribution in [1.82, 2.24) is 20.1 Å². The van der Waals surface area contributed by atoms with Crippen molar-refractivity contribution in [2.24, 2.45) is 28.3 Å². The van der Waals surface area contributed by atoms with Crippen molar-refractivity contribution in [2.75, 3.05) is 0 Å². The number of imidazole rings is 1. The van der Waals surface area contributed by atoms with E-state index in [9.17, 15) is 9.59 Å². The molecule has 4 saturated carbocycles. The van der Waals surface area contributed by atoms with E-state index in [1.807, 2.05) is 46.3 Å². The normalized spacial score (nSPS) is 28.4. The van der Waals surface area contributed by atoms with E-state index in [-0.39, 0.29) is 17.2 Å². The van der Waals surface area contributed by atoms with Gasteiger partial charge in [-0.15, -0.1) is 11.3 Å². The van der Waals surface area contributed by atoms with Crippen LogP contribution >= 0.6 is 11.3 Å². The molecular weight excluding hydrogens is 446 g/mol. The van der Waals surface area contributed by atoms with Gasteiger partial charge in [-0.1, -0.05) is 30.3 Å². The van der Waals surface area contributed by atoms with Crippen LogP contribution < -0.4 is 10.7 Å². The van der Waals surface area contributed by atoms with E-state index < -0.39 is 6.04 Å². The van der Waals surface area contributed by atoms with Crippen LogP contribution in [0.1, 0.15) is 51.1 Å². The first-order chi connectivity index (χ1) is 16.5. The van der Waals surface area contributed by atoms with Crippen molar-refractivity contribution in [3.8, 4) is 11.3 Å². The summed E-state index contributed by atoms with van der Waals surface area (Å²) in [5.74, 6) is 1.81. The van der Waals surface area contributed by atoms with Gasteiger partial charge in [-0.2, -0.15) is 5.10 Å². The number of thiazole rings is 1. The summed E-state index contributed by atoms with van der Waals surface area (Å²) >= 11 is 1.55. The second-order valence-corrected chi connectivity index (χ2v) is 11.3. The average molecular weight is 476 g/mol. The van der Waals surface area contributed by atoms with Crippen LogP contribution in [0.5, 0.6) is 0 Å². The minimum atomic E-state index is -0.641. The highest BCUT2D eigenvalue weighted by Gasteiger charge is 2.54. The van der Waals surface area contributed by atoms with Crippen molar-refractivity contribution in [1.29, 1.82) is 0 Å². The van der Waals surface area contributed by atoms with Crippen molar-refractivity contribution in [3.05, 3.63) is 47.6 Å². The van der Waals surface area contributed by atoms with Crippen molar-refractivity contribution in [3.63, 3.8) is 0 Å². The van der Waals surface area contributed by atoms with Gasteiger partial charge >= 0.3 is 0 Å². The van der Waals surface area contributed by atoms with Crippen LogP contribution in [0, 0.1) is 23.2 Å². The zero-order chi connectivity index (χ0) is 23.3. The average Bonchev–Trinajstić information content (AvgIpc) is 3.41. The Kier molecular flexibility index (Phi) is 5.28. The monoisotopic (exact) mass is 475 g/mol. The maximum atomic E-state index is 13.3. The van der Waals surface area contributed by atoms with Gasteiger partial charge in [0.05, 0.1) is 17.6 Å². The van der Waals surface area contributed by atoms with Crippen LogP contribution in [0.4, 0.5) is 0 Å². The summed E-state index contributed by atoms with van der Waals surface area (Å²) in [6, 6.07) is 9.28. The third-order valence-corrected chi connectivity index (χ3v) is 8.73. The second kappa shape index (κ2) is 8.34. The molecule has 2 amide bonds. The molecule has 2 aromatic heterocycles. The van der Waals surface area contributed by atoms with Crippen LogP contribution in [-0.2, 0) is 9.59 Å². The Labute approximate surface area is 202 Å². The molecule has 176 valence electrons. The van der Waals surface area contributed by atoms with Gasteiger partial charge in [-0.3, -0.25) is 14.0 Å². The van der Waals surface area contributed by atoms with Gasteiger partial charge in [-0.25, -0.2) is 10.4 Å². The summed E-state index contributed by atoms with van der Waals surface area (Å²) in [5.41, 5.74) is 4.95. The lowest BCUT2D eigenvalue weighted by Gasteiger charge is -2.55. The maximum Gasteiger partial charge on any atom is 0.262 e. The quantitative estimate of drug-likeness (QED) is 0.413. The largest absolute Gasteiger partial charge is 0.344 e. The number of carbonyl (C=O) groups is 2. The molecule has 1 unspecified atom stereocenters. The molecule has 34 heavy (non-hydrogen) atoms. The molecule has 0 saturated heterocycles. The lowest BCUT2D eigenvalue weighted by Crippen LogP contribution is -2.56. The highest BCUT2D eigenvalue weighted by atomic mass is 32.1. The Balaban J connectivity index is 1.13. The molecule has 0 spiro atoms. The molecule has 4 aliphatic rings. The van der Waals surface area contributed by atoms with Crippen molar-refractivity contribution in [2.45, 2.75) is 51.5 Å². The van der Waals surface area contributed by atoms with Gasteiger partial charge in [0.1, 0.15) is 6.04 Å². The van der Waals surface area contributed by atoms with Crippen molar-refractivity contribution < 1.29 is 9.59 Å². The number of fused-ring (bicyclic) bond motifs is 1. The Morgan fingerprint density at radius 1 is 1.15 bits per heavy atom. The molecule has 1 atom stereocenters. The molecule has 2 heterocycles. The number of aromatic nitrogens is 2. The second-order valence-electron chi connectivity index (χ2n) is 10.4. The highest BCUT2D eigenvalue weighted by molar-refractivity contribution is 7.15. The fourth-order valence-corrected chi connectivity index (χ4v) is 7.51. The number of hydrogen-bond acceptors (Lipinski definition) is 5. The molecule has 4 aliphatic carbocycles. The van der Waals surface area contributed by atoms with Gasteiger partial charge in [0.2, 0.25) is 5.91 Å². The van der Waals surface area contributed by atoms with Crippen LogP contribution in [0.3, 0.4) is 0 Å². The highest BCUT2D eigenvalue weighted by Crippen LogP contribution is 2.60. The van der Waals surface area contributed by atoms with Gasteiger partial charge in [-0.05, 0) is 63.2 Å². The van der Waals surface area contributed by atoms with E-state index in [0.717, 1.165) is 41.2 Å². The molecule has 2 N–H and O–H groups in total. The first-order valence-corrected chi connectivity index (χ1v) is 13.0. The number of carbonyl (C=O) groups excluding carboxylic acids is 2. The Morgan fingerprint density at radius 3 is 2.50 bits per heavy atom. The molecule has 7 nitrogen and oxygen atoms in total. The predicted molar refractivity (Wildman–Crippen MR) is 132 cm³/mol. The van der Waals surface area contributed by atoms with E-state index >= 15 is 0 Å². The topological polar surface area (TPSA) is 87.9 Å². The molecule has 4 fully saturated rings. The predicted octanol–water partition coefficient (Wildman–Crippen LogP) is 4.23. The van der Waals surface area contributed by atoms with Crippen LogP contribution in [-0.4, -0.2) is 33.5 Å². The van der Waals surface area contributed by atoms with Crippen LogP contribution in [0.2, 0.25) is 0 Å². The molecule has 0 radical (unpaired) electrons. The van der Waals surface area contributed by atoms with E-state index in [0.29, 0.717) is 17.8 Å². The molecular formula is C26H29N5O2S. The number of hydrogen-bond donors (Lipinski definition) is 2. The Bertz CT molecular complexity index is 1230. The first kappa shape index (κ1) is 21.5. The zero-order valence-electron chi connectivity index (χ0n) is 19.2. The SMILES string of the molecule is CC(NC(=O)C12CC3CC(CC(C3)C1)C2)C(=O)NN=Cc1c(-c2ccccc2)nc2sccn12. The minimum absolute atomic E-state index is 0.0559. The number of hydrazone groups is 1. The third-order valence-electron chi connectivity index (χ3n) is 7.97. The molecule has 8 heteroatoms. The summed E-state index contributed by atoms with van der Waals surface area (Å²) in [6.45, 7) is 1.73. The summed E-state index contributed by atoms with van der Waals surface area (Å²) in [4.78, 5) is 31.6. The smallest absolute Gasteiger partial charge is 0.262 e. The summed E-state index contributed by atoms with van der Waals surface area (Å²) in [5, 5.41) is 9.19. The molecule has 0 aliphatic heterocycles. The van der Waals surface area contributed by atoms with E-state index in [1.165, 1.54) is 19.3 Å². The first-order valence-electron chi connectivity index (χ1n) is 12.2. The lowest BCUT2D eigenvalue weighted by atomic mass is 9.49. The van der Waals surface area contributed by atoms with E-state index in [1.54, 1.807) is 24.5 Å². The standard InChI is InChI=1S/C26H29N5O2S/c1-16(28-24(33)26-12-17-9-18(13-26)11-19(10-17)14-26)23(32)30-27-15-21-22(20-5-3-2-4-6-20)29-25-31(21)7-8-34-25/h2-8,15-19H,9-14H2,1H3,(H,28,33)(H,30,32). The van der Waals surface area contributed by atoms with Crippen LogP contribution in [0.25, 0.3) is 16.2 Å². The van der Waals surface area contributed by atoms with Gasteiger partial charge in [0, 0.05) is 22.6 Å². The molecule has 7 rings (SSSR count). The summed E-state index contributed by atoms with van der Waals surface area (Å²) < 4.78 is 1.96. The number of benzene rings is 1. The van der Waals surface area contributed by atoms with E-state index in [2.05, 4.69) is 15.8 Å². The fourth-order valence-electron chi connectivity index (χ4n) is 6.79. The van der Waals surface area contributed by atoms with Gasteiger partial charge in [0.25, 0.3) is 5.91 Å². The maximum absolute atomic E-state index is 13.3. The van der Waals surface area contributed by atoms with Crippen molar-refractivity contribution >= 4 is 34.3 Å². The third kappa shape index (κ3) is 3.74. The molecule has 4 bridgehead atoms. The fraction of sp³-hybridized carbons (Fsp3) is 0.462. The summed E-state index contributed by atoms with van der Waals surface area (Å²) in [6.07, 6.45) is 10.4. The zero-order valence-corrected chi connectivity index (χ0v) is 20.1. The lowest BCUT2D eigenvalue weighted by molar-refractivity contribution is -0.148. The Hall–Kier alpha value is -3.00. The number of rotatable bonds is 6. The summed E-state index contributed by atoms with van der Waals surface area (Å²) in [7, 11) is 0. The molecule has 3 aromatic rings.